The lowest BCUT2D eigenvalue weighted by Crippen LogP contribution is -2.40. The predicted molar refractivity (Wildman–Crippen MR) is 138 cm³/mol. The summed E-state index contributed by atoms with van der Waals surface area (Å²) in [6, 6.07) is 7.80. The molecule has 1 N–H and O–H groups in total. The van der Waals surface area contributed by atoms with Crippen LogP contribution in [0.5, 0.6) is 0 Å². The maximum Gasteiger partial charge on any atom is 0.267 e. The van der Waals surface area contributed by atoms with Crippen molar-refractivity contribution in [2.75, 3.05) is 18.4 Å². The van der Waals surface area contributed by atoms with Crippen LogP contribution >= 0.6 is 15.9 Å². The fraction of sp³-hybridized carbons (Fsp3) is 0.304. The number of aromatic nitrogens is 3. The van der Waals surface area contributed by atoms with Crippen LogP contribution in [-0.4, -0.2) is 54.3 Å². The number of halogens is 1. The van der Waals surface area contributed by atoms with Crippen LogP contribution in [-0.2, 0) is 10.0 Å². The summed E-state index contributed by atoms with van der Waals surface area (Å²) in [5.41, 5.74) is 2.03. The number of nitrogens with one attached hydrogen (secondary N) is 1. The number of nitrogens with zero attached hydrogens (tertiary/aromatic N) is 4. The zero-order chi connectivity index (χ0) is 23.0. The molecule has 3 heterocycles. The van der Waals surface area contributed by atoms with Gasteiger partial charge in [0.05, 0.1) is 20.6 Å². The Morgan fingerprint density at radius 2 is 2.06 bits per heavy atom. The van der Waals surface area contributed by atoms with Crippen molar-refractivity contribution in [3.8, 4) is 11.3 Å². The number of allylic oxidation sites excluding steroid dienone is 3. The van der Waals surface area contributed by atoms with Crippen LogP contribution in [0, 0.1) is 0 Å². The second-order valence-corrected chi connectivity index (χ2v) is 11.3. The van der Waals surface area contributed by atoms with E-state index in [1.165, 1.54) is 3.97 Å². The van der Waals surface area contributed by atoms with Gasteiger partial charge in [-0.1, -0.05) is 30.4 Å². The van der Waals surface area contributed by atoms with Crippen LogP contribution in [0.2, 0.25) is 0 Å². The second kappa shape index (κ2) is 9.08. The van der Waals surface area contributed by atoms with E-state index < -0.39 is 10.0 Å². The molecule has 7 nitrogen and oxygen atoms in total. The number of fused-ring (bicyclic) bond motifs is 1. The van der Waals surface area contributed by atoms with Gasteiger partial charge in [0.1, 0.15) is 0 Å². The molecule has 3 aromatic rings. The van der Waals surface area contributed by atoms with E-state index >= 15 is 0 Å². The van der Waals surface area contributed by atoms with Crippen LogP contribution in [0.1, 0.15) is 25.7 Å². The highest BCUT2D eigenvalue weighted by Gasteiger charge is 2.25. The molecular formula is C23H25BBrN5O2S. The van der Waals surface area contributed by atoms with Crippen molar-refractivity contribution in [1.29, 1.82) is 0 Å². The molecule has 1 fully saturated rings. The monoisotopic (exact) mass is 525 g/mol. The molecule has 0 spiro atoms. The molecule has 0 amide bonds. The SMILES string of the molecule is BN1CCC[C@@H](Nc2ncc(Br)c(-c3cn(S(=O)(=O)C4=CCCC=C4)c4ccccc34)n2)C1. The van der Waals surface area contributed by atoms with E-state index in [1.54, 1.807) is 24.5 Å². The fourth-order valence-corrected chi connectivity index (χ4v) is 6.41. The van der Waals surface area contributed by atoms with Crippen LogP contribution in [0.3, 0.4) is 0 Å². The van der Waals surface area contributed by atoms with E-state index in [-0.39, 0.29) is 6.04 Å². The van der Waals surface area contributed by atoms with Gasteiger partial charge in [0, 0.05) is 35.9 Å². The predicted octanol–water partition coefficient (Wildman–Crippen LogP) is 3.70. The Hall–Kier alpha value is -2.43. The quantitative estimate of drug-likeness (QED) is 0.511. The molecule has 0 bridgehead atoms. The van der Waals surface area contributed by atoms with Crippen molar-refractivity contribution < 1.29 is 8.42 Å². The minimum absolute atomic E-state index is 0.282. The summed E-state index contributed by atoms with van der Waals surface area (Å²) in [7, 11) is -1.60. The highest BCUT2D eigenvalue weighted by Crippen LogP contribution is 2.36. The molecule has 0 radical (unpaired) electrons. The van der Waals surface area contributed by atoms with Crippen LogP contribution in [0.4, 0.5) is 5.95 Å². The highest BCUT2D eigenvalue weighted by molar-refractivity contribution is 9.10. The summed E-state index contributed by atoms with van der Waals surface area (Å²) in [4.78, 5) is 11.9. The summed E-state index contributed by atoms with van der Waals surface area (Å²) in [6.45, 7) is 2.04. The Labute approximate surface area is 203 Å². The van der Waals surface area contributed by atoms with Crippen molar-refractivity contribution >= 4 is 50.8 Å². The molecular weight excluding hydrogens is 501 g/mol. The fourth-order valence-electron chi connectivity index (χ4n) is 4.52. The Morgan fingerprint density at radius 1 is 1.21 bits per heavy atom. The van der Waals surface area contributed by atoms with E-state index in [2.05, 4.69) is 39.0 Å². The van der Waals surface area contributed by atoms with E-state index in [9.17, 15) is 8.42 Å². The molecule has 10 heteroatoms. The highest BCUT2D eigenvalue weighted by atomic mass is 79.9. The number of piperidine rings is 1. The number of hydrogen-bond acceptors (Lipinski definition) is 6. The van der Waals surface area contributed by atoms with E-state index in [1.807, 2.05) is 30.3 Å². The molecule has 170 valence electrons. The minimum Gasteiger partial charge on any atom is -0.350 e. The van der Waals surface area contributed by atoms with Gasteiger partial charge in [0.15, 0.2) is 7.98 Å². The van der Waals surface area contributed by atoms with Crippen molar-refractivity contribution in [3.05, 3.63) is 64.3 Å². The Bertz CT molecular complexity index is 1370. The summed E-state index contributed by atoms with van der Waals surface area (Å²) < 4.78 is 29.0. The lowest BCUT2D eigenvalue weighted by Gasteiger charge is -2.30. The summed E-state index contributed by atoms with van der Waals surface area (Å²) in [5, 5.41) is 4.28. The van der Waals surface area contributed by atoms with Gasteiger partial charge in [-0.05, 0) is 60.3 Å². The Morgan fingerprint density at radius 3 is 2.85 bits per heavy atom. The first-order chi connectivity index (χ1) is 15.9. The van der Waals surface area contributed by atoms with Gasteiger partial charge in [-0.2, -0.15) is 0 Å². The van der Waals surface area contributed by atoms with E-state index in [0.717, 1.165) is 49.7 Å². The van der Waals surface area contributed by atoms with Crippen LogP contribution < -0.4 is 5.32 Å². The first kappa shape index (κ1) is 22.4. The number of rotatable bonds is 5. The molecule has 2 aliphatic rings. The first-order valence-electron chi connectivity index (χ1n) is 11.1. The molecule has 0 unspecified atom stereocenters. The molecule has 1 saturated heterocycles. The van der Waals surface area contributed by atoms with Gasteiger partial charge in [-0.3, -0.25) is 0 Å². The average Bonchev–Trinajstić information content (AvgIpc) is 3.21. The number of benzene rings is 1. The Balaban J connectivity index is 1.58. The number of hydrogen-bond donors (Lipinski definition) is 1. The zero-order valence-corrected chi connectivity index (χ0v) is 20.8. The summed E-state index contributed by atoms with van der Waals surface area (Å²) in [6.07, 6.45) is 12.6. The molecule has 1 atom stereocenters. The molecule has 33 heavy (non-hydrogen) atoms. The van der Waals surface area contributed by atoms with Gasteiger partial charge < -0.3 is 10.1 Å². The van der Waals surface area contributed by atoms with Crippen molar-refractivity contribution in [2.24, 2.45) is 0 Å². The first-order valence-corrected chi connectivity index (χ1v) is 13.4. The van der Waals surface area contributed by atoms with Gasteiger partial charge in [-0.15, -0.1) is 0 Å². The third kappa shape index (κ3) is 4.39. The van der Waals surface area contributed by atoms with E-state index in [0.29, 0.717) is 26.5 Å². The van der Waals surface area contributed by atoms with Crippen LogP contribution in [0.25, 0.3) is 22.2 Å². The van der Waals surface area contributed by atoms with Gasteiger partial charge in [0.25, 0.3) is 10.0 Å². The zero-order valence-electron chi connectivity index (χ0n) is 18.4. The molecule has 1 aromatic carbocycles. The second-order valence-electron chi connectivity index (χ2n) is 8.58. The third-order valence-corrected chi connectivity index (χ3v) is 8.45. The third-order valence-electron chi connectivity index (χ3n) is 6.15. The average molecular weight is 526 g/mol. The molecule has 1 aliphatic heterocycles. The van der Waals surface area contributed by atoms with E-state index in [4.69, 9.17) is 4.98 Å². The van der Waals surface area contributed by atoms with Crippen molar-refractivity contribution in [1.82, 2.24) is 18.8 Å². The van der Waals surface area contributed by atoms with Gasteiger partial charge in [-0.25, -0.2) is 22.4 Å². The smallest absolute Gasteiger partial charge is 0.267 e. The summed E-state index contributed by atoms with van der Waals surface area (Å²) in [5.74, 6) is 0.547. The van der Waals surface area contributed by atoms with Gasteiger partial charge in [0.2, 0.25) is 5.95 Å². The molecule has 5 rings (SSSR count). The summed E-state index contributed by atoms with van der Waals surface area (Å²) >= 11 is 3.58. The van der Waals surface area contributed by atoms with Crippen molar-refractivity contribution in [3.63, 3.8) is 0 Å². The number of anilines is 1. The maximum absolute atomic E-state index is 13.5. The number of para-hydroxylation sites is 1. The minimum atomic E-state index is -3.72. The molecule has 2 aromatic heterocycles. The maximum atomic E-state index is 13.5. The molecule has 1 aliphatic carbocycles. The lowest BCUT2D eigenvalue weighted by atomic mass is 10.0. The largest absolute Gasteiger partial charge is 0.350 e. The lowest BCUT2D eigenvalue weighted by molar-refractivity contribution is 0.343. The standard InChI is InChI=1S/C23H25BBrN5O2S/c24-29-12-6-7-16(14-29)27-23-26-13-20(25)22(28-23)19-15-30(21-11-5-4-10-18(19)21)33(31,32)17-8-2-1-3-9-17/h2,4-5,8-11,13,15-16H,1,3,6-7,12,14,24H2,(H,26,27,28)/t16-/m1/s1. The molecule has 0 saturated carbocycles. The topological polar surface area (TPSA) is 80.1 Å². The Kier molecular flexibility index (Phi) is 6.15. The van der Waals surface area contributed by atoms with Gasteiger partial charge >= 0.3 is 0 Å². The normalized spacial score (nSPS) is 19.5. The van der Waals surface area contributed by atoms with Crippen LogP contribution in [0.15, 0.2) is 64.3 Å². The van der Waals surface area contributed by atoms with Crippen molar-refractivity contribution in [2.45, 2.75) is 31.7 Å².